The summed E-state index contributed by atoms with van der Waals surface area (Å²) in [5, 5.41) is 16.5. The van der Waals surface area contributed by atoms with E-state index in [1.165, 1.54) is 9.58 Å². The Kier molecular flexibility index (Phi) is 4.41. The van der Waals surface area contributed by atoms with E-state index in [9.17, 15) is 9.59 Å². The predicted molar refractivity (Wildman–Crippen MR) is 64.4 cm³/mol. The van der Waals surface area contributed by atoms with E-state index >= 15 is 0 Å². The zero-order valence-corrected chi connectivity index (χ0v) is 11.0. The maximum atomic E-state index is 11.9. The Morgan fingerprint density at radius 1 is 1.44 bits per heavy atom. The maximum absolute atomic E-state index is 11.9. The minimum atomic E-state index is -1.12. The van der Waals surface area contributed by atoms with Gasteiger partial charge in [-0.2, -0.15) is 0 Å². The molecule has 0 saturated carbocycles. The zero-order valence-electron chi connectivity index (χ0n) is 11.0. The highest BCUT2D eigenvalue weighted by atomic mass is 16.4. The third kappa shape index (κ3) is 2.66. The van der Waals surface area contributed by atoms with Gasteiger partial charge >= 0.3 is 5.97 Å². The van der Waals surface area contributed by atoms with Crippen LogP contribution in [0.2, 0.25) is 0 Å². The Balaban J connectivity index is 3.16. The SMILES string of the molecule is CCCc1c(C(=O)O)nnn1C(C)C(=O)N(C)C. The van der Waals surface area contributed by atoms with Crippen molar-refractivity contribution < 1.29 is 14.7 Å². The average molecular weight is 254 g/mol. The van der Waals surface area contributed by atoms with Gasteiger partial charge in [0, 0.05) is 14.1 Å². The van der Waals surface area contributed by atoms with Crippen molar-refractivity contribution in [2.45, 2.75) is 32.7 Å². The van der Waals surface area contributed by atoms with Crippen LogP contribution in [0.15, 0.2) is 0 Å². The summed E-state index contributed by atoms with van der Waals surface area (Å²) in [7, 11) is 3.29. The second-order valence-corrected chi connectivity index (χ2v) is 4.29. The minimum Gasteiger partial charge on any atom is -0.476 e. The molecule has 18 heavy (non-hydrogen) atoms. The molecule has 0 saturated heterocycles. The standard InChI is InChI=1S/C11H18N4O3/c1-5-6-8-9(11(17)18)12-13-15(8)7(2)10(16)14(3)4/h7H,5-6H2,1-4H3,(H,17,18). The van der Waals surface area contributed by atoms with Crippen LogP contribution in [0.4, 0.5) is 0 Å². The summed E-state index contributed by atoms with van der Waals surface area (Å²) in [6.45, 7) is 3.61. The number of hydrogen-bond donors (Lipinski definition) is 1. The molecule has 0 bridgehead atoms. The molecule has 1 amide bonds. The Bertz CT molecular complexity index is 453. The summed E-state index contributed by atoms with van der Waals surface area (Å²) in [5.74, 6) is -1.26. The van der Waals surface area contributed by atoms with Crippen molar-refractivity contribution in [2.75, 3.05) is 14.1 Å². The van der Waals surface area contributed by atoms with Crippen molar-refractivity contribution in [3.63, 3.8) is 0 Å². The van der Waals surface area contributed by atoms with Gasteiger partial charge in [0.15, 0.2) is 5.69 Å². The first kappa shape index (κ1) is 14.1. The largest absolute Gasteiger partial charge is 0.476 e. The van der Waals surface area contributed by atoms with Crippen LogP contribution in [0.1, 0.15) is 42.5 Å². The number of carbonyl (C=O) groups is 2. The molecule has 7 heteroatoms. The van der Waals surface area contributed by atoms with Gasteiger partial charge in [0.1, 0.15) is 6.04 Å². The third-order valence-electron chi connectivity index (χ3n) is 2.65. The highest BCUT2D eigenvalue weighted by molar-refractivity contribution is 5.87. The van der Waals surface area contributed by atoms with Crippen LogP contribution in [0, 0.1) is 0 Å². The monoisotopic (exact) mass is 254 g/mol. The molecule has 1 N–H and O–H groups in total. The molecule has 0 fully saturated rings. The van der Waals surface area contributed by atoms with E-state index in [0.29, 0.717) is 12.1 Å². The molecule has 7 nitrogen and oxygen atoms in total. The molecule has 0 aliphatic rings. The van der Waals surface area contributed by atoms with Crippen molar-refractivity contribution in [2.24, 2.45) is 0 Å². The highest BCUT2D eigenvalue weighted by Crippen LogP contribution is 2.15. The molecular weight excluding hydrogens is 236 g/mol. The van der Waals surface area contributed by atoms with Gasteiger partial charge < -0.3 is 10.0 Å². The van der Waals surface area contributed by atoms with Gasteiger partial charge in [-0.3, -0.25) is 4.79 Å². The number of rotatable bonds is 5. The molecule has 1 rings (SSSR count). The van der Waals surface area contributed by atoms with E-state index in [2.05, 4.69) is 10.3 Å². The summed E-state index contributed by atoms with van der Waals surface area (Å²) >= 11 is 0. The van der Waals surface area contributed by atoms with Gasteiger partial charge in [-0.25, -0.2) is 9.48 Å². The molecule has 0 radical (unpaired) electrons. The Morgan fingerprint density at radius 3 is 2.50 bits per heavy atom. The molecule has 1 unspecified atom stereocenters. The second-order valence-electron chi connectivity index (χ2n) is 4.29. The number of hydrogen-bond acceptors (Lipinski definition) is 4. The number of nitrogens with zero attached hydrogens (tertiary/aromatic N) is 4. The molecule has 0 aromatic carbocycles. The molecule has 1 aromatic heterocycles. The minimum absolute atomic E-state index is 0.0738. The first-order chi connectivity index (χ1) is 8.40. The van der Waals surface area contributed by atoms with E-state index in [-0.39, 0.29) is 11.6 Å². The van der Waals surface area contributed by atoms with Crippen molar-refractivity contribution in [1.82, 2.24) is 19.9 Å². The first-order valence-corrected chi connectivity index (χ1v) is 5.78. The molecule has 0 aliphatic heterocycles. The molecule has 1 atom stereocenters. The topological polar surface area (TPSA) is 88.3 Å². The summed E-state index contributed by atoms with van der Waals surface area (Å²) in [4.78, 5) is 24.3. The van der Waals surface area contributed by atoms with Gasteiger partial charge in [-0.05, 0) is 13.3 Å². The molecule has 0 aliphatic carbocycles. The Labute approximate surface area is 105 Å². The van der Waals surface area contributed by atoms with E-state index in [4.69, 9.17) is 5.11 Å². The van der Waals surface area contributed by atoms with Gasteiger partial charge in [-0.1, -0.05) is 18.6 Å². The number of carbonyl (C=O) groups excluding carboxylic acids is 1. The molecule has 100 valence electrons. The lowest BCUT2D eigenvalue weighted by molar-refractivity contribution is -0.132. The number of carboxylic acid groups (broad SMARTS) is 1. The lowest BCUT2D eigenvalue weighted by Crippen LogP contribution is -2.31. The number of aromatic nitrogens is 3. The van der Waals surface area contributed by atoms with Gasteiger partial charge in [0.05, 0.1) is 5.69 Å². The zero-order chi connectivity index (χ0) is 13.9. The lowest BCUT2D eigenvalue weighted by Gasteiger charge is -2.18. The molecule has 1 heterocycles. The van der Waals surface area contributed by atoms with Gasteiger partial charge in [0.2, 0.25) is 5.91 Å². The number of amides is 1. The van der Waals surface area contributed by atoms with Crippen LogP contribution < -0.4 is 0 Å². The van der Waals surface area contributed by atoms with E-state index in [0.717, 1.165) is 6.42 Å². The fourth-order valence-corrected chi connectivity index (χ4v) is 1.74. The number of likely N-dealkylation sites (N-methyl/N-ethyl adjacent to an activating group) is 1. The van der Waals surface area contributed by atoms with Crippen LogP contribution in [0.3, 0.4) is 0 Å². The smallest absolute Gasteiger partial charge is 0.358 e. The first-order valence-electron chi connectivity index (χ1n) is 5.78. The van der Waals surface area contributed by atoms with E-state index < -0.39 is 12.0 Å². The van der Waals surface area contributed by atoms with Crippen molar-refractivity contribution in [1.29, 1.82) is 0 Å². The van der Waals surface area contributed by atoms with Crippen LogP contribution in [0.25, 0.3) is 0 Å². The van der Waals surface area contributed by atoms with Crippen LogP contribution in [0.5, 0.6) is 0 Å². The van der Waals surface area contributed by atoms with Crippen LogP contribution >= 0.6 is 0 Å². The van der Waals surface area contributed by atoms with Crippen LogP contribution in [-0.4, -0.2) is 51.0 Å². The van der Waals surface area contributed by atoms with Gasteiger partial charge in [0.25, 0.3) is 0 Å². The summed E-state index contributed by atoms with van der Waals surface area (Å²) in [6, 6.07) is -0.554. The second kappa shape index (κ2) is 5.61. The van der Waals surface area contributed by atoms with Crippen molar-refractivity contribution in [3.05, 3.63) is 11.4 Å². The van der Waals surface area contributed by atoms with Crippen LogP contribution in [-0.2, 0) is 11.2 Å². The van der Waals surface area contributed by atoms with E-state index in [1.807, 2.05) is 6.92 Å². The van der Waals surface area contributed by atoms with Crippen molar-refractivity contribution in [3.8, 4) is 0 Å². The predicted octanol–water partition coefficient (Wildman–Crippen LogP) is 0.578. The molecule has 1 aromatic rings. The number of aromatic carboxylic acids is 1. The molecular formula is C11H18N4O3. The summed E-state index contributed by atoms with van der Waals surface area (Å²) in [6.07, 6.45) is 1.29. The molecule has 0 spiro atoms. The van der Waals surface area contributed by atoms with Gasteiger partial charge in [-0.15, -0.1) is 5.10 Å². The van der Waals surface area contributed by atoms with Crippen molar-refractivity contribution >= 4 is 11.9 Å². The Hall–Kier alpha value is -1.92. The summed E-state index contributed by atoms with van der Waals surface area (Å²) in [5.41, 5.74) is 0.419. The normalized spacial score (nSPS) is 12.2. The number of carboxylic acids is 1. The Morgan fingerprint density at radius 2 is 2.06 bits per heavy atom. The fraction of sp³-hybridized carbons (Fsp3) is 0.636. The maximum Gasteiger partial charge on any atom is 0.358 e. The fourth-order valence-electron chi connectivity index (χ4n) is 1.74. The highest BCUT2D eigenvalue weighted by Gasteiger charge is 2.25. The average Bonchev–Trinajstić information content (AvgIpc) is 2.71. The van der Waals surface area contributed by atoms with E-state index in [1.54, 1.807) is 21.0 Å². The lowest BCUT2D eigenvalue weighted by atomic mass is 10.2. The summed E-state index contributed by atoms with van der Waals surface area (Å²) < 4.78 is 1.40. The third-order valence-corrected chi connectivity index (χ3v) is 2.65. The quantitative estimate of drug-likeness (QED) is 0.830.